The number of aromatic hydroxyl groups is 1. The van der Waals surface area contributed by atoms with Crippen molar-refractivity contribution in [2.45, 2.75) is 43.6 Å². The number of carboxylic acid groups (broad SMARTS) is 1. The Morgan fingerprint density at radius 3 is 2.19 bits per heavy atom. The Morgan fingerprint density at radius 1 is 1.04 bits per heavy atom. The molecule has 0 spiro atoms. The molecule has 1 atom stereocenters. The molecule has 1 heterocycles. The van der Waals surface area contributed by atoms with E-state index in [1.54, 1.807) is 4.90 Å². The predicted molar refractivity (Wildman–Crippen MR) is 95.0 cm³/mol. The molecular weight excluding hydrogens is 355 g/mol. The normalized spacial score (nSPS) is 21.0. The average Bonchev–Trinajstić information content (AvgIpc) is 2.65. The minimum Gasteiger partial charge on any atom is -0.505 e. The van der Waals surface area contributed by atoms with Gasteiger partial charge < -0.3 is 25.1 Å². The van der Waals surface area contributed by atoms with E-state index in [0.717, 1.165) is 25.3 Å². The van der Waals surface area contributed by atoms with Crippen molar-refractivity contribution in [3.63, 3.8) is 0 Å². The molecule has 148 valence electrons. The predicted octanol–water partition coefficient (Wildman–Crippen LogP) is 2.13. The standard InChI is InChI=1S/C19H25FN2O5/c20-14-12-13(4-5-15(14)23)16(19(27)6-2-1-3-7-19)17(24)21-8-10-22(11-9-21)18(25)26/h4-5,12,16,23,27H,1-3,6-11H2,(H,25,26). The molecule has 1 aliphatic heterocycles. The van der Waals surface area contributed by atoms with E-state index in [-0.39, 0.29) is 32.1 Å². The number of nitrogens with zero attached hydrogens (tertiary/aromatic N) is 2. The summed E-state index contributed by atoms with van der Waals surface area (Å²) in [4.78, 5) is 27.1. The lowest BCUT2D eigenvalue weighted by atomic mass is 9.72. The molecule has 0 aromatic heterocycles. The summed E-state index contributed by atoms with van der Waals surface area (Å²) in [6.07, 6.45) is 2.42. The van der Waals surface area contributed by atoms with Crippen molar-refractivity contribution < 1.29 is 29.3 Å². The van der Waals surface area contributed by atoms with E-state index in [9.17, 15) is 24.2 Å². The second-order valence-corrected chi connectivity index (χ2v) is 7.40. The monoisotopic (exact) mass is 380 g/mol. The van der Waals surface area contributed by atoms with E-state index in [1.165, 1.54) is 17.0 Å². The summed E-state index contributed by atoms with van der Waals surface area (Å²) in [5.41, 5.74) is -0.941. The van der Waals surface area contributed by atoms with Crippen LogP contribution in [0.3, 0.4) is 0 Å². The Kier molecular flexibility index (Phi) is 5.55. The van der Waals surface area contributed by atoms with Crippen molar-refractivity contribution in [2.24, 2.45) is 0 Å². The molecule has 1 unspecified atom stereocenters. The molecule has 3 rings (SSSR count). The summed E-state index contributed by atoms with van der Waals surface area (Å²) < 4.78 is 13.9. The van der Waals surface area contributed by atoms with Crippen molar-refractivity contribution in [1.82, 2.24) is 9.80 Å². The summed E-state index contributed by atoms with van der Waals surface area (Å²) in [5, 5.41) is 29.8. The number of phenolic OH excluding ortho intramolecular Hbond substituents is 1. The van der Waals surface area contributed by atoms with E-state index in [4.69, 9.17) is 5.11 Å². The zero-order valence-electron chi connectivity index (χ0n) is 15.1. The Labute approximate surface area is 157 Å². The van der Waals surface area contributed by atoms with Crippen LogP contribution in [0.2, 0.25) is 0 Å². The molecule has 1 aromatic rings. The Bertz CT molecular complexity index is 712. The fourth-order valence-electron chi connectivity index (χ4n) is 4.14. The van der Waals surface area contributed by atoms with Gasteiger partial charge in [0.05, 0.1) is 11.5 Å². The molecule has 1 aliphatic carbocycles. The highest BCUT2D eigenvalue weighted by atomic mass is 19.1. The molecule has 7 nitrogen and oxygen atoms in total. The van der Waals surface area contributed by atoms with E-state index < -0.39 is 29.2 Å². The lowest BCUT2D eigenvalue weighted by molar-refractivity contribution is -0.143. The van der Waals surface area contributed by atoms with Crippen LogP contribution in [0.1, 0.15) is 43.6 Å². The van der Waals surface area contributed by atoms with Gasteiger partial charge in [0.2, 0.25) is 5.91 Å². The smallest absolute Gasteiger partial charge is 0.407 e. The van der Waals surface area contributed by atoms with Gasteiger partial charge in [-0.1, -0.05) is 25.3 Å². The number of carbonyl (C=O) groups excluding carboxylic acids is 1. The van der Waals surface area contributed by atoms with Crippen molar-refractivity contribution in [3.05, 3.63) is 29.6 Å². The first-order chi connectivity index (χ1) is 12.8. The Morgan fingerprint density at radius 2 is 1.63 bits per heavy atom. The summed E-state index contributed by atoms with van der Waals surface area (Å²) >= 11 is 0. The molecule has 1 saturated heterocycles. The first kappa shape index (κ1) is 19.4. The second kappa shape index (κ2) is 7.72. The van der Waals surface area contributed by atoms with Crippen LogP contribution in [0.25, 0.3) is 0 Å². The second-order valence-electron chi connectivity index (χ2n) is 7.40. The molecule has 2 amide bonds. The number of hydrogen-bond donors (Lipinski definition) is 3. The minimum atomic E-state index is -1.28. The van der Waals surface area contributed by atoms with Crippen LogP contribution >= 0.6 is 0 Å². The van der Waals surface area contributed by atoms with E-state index >= 15 is 0 Å². The Balaban J connectivity index is 1.88. The van der Waals surface area contributed by atoms with Crippen LogP contribution in [-0.2, 0) is 4.79 Å². The van der Waals surface area contributed by atoms with Gasteiger partial charge in [-0.15, -0.1) is 0 Å². The largest absolute Gasteiger partial charge is 0.505 e. The van der Waals surface area contributed by atoms with Gasteiger partial charge >= 0.3 is 6.09 Å². The van der Waals surface area contributed by atoms with Crippen molar-refractivity contribution in [1.29, 1.82) is 0 Å². The number of benzene rings is 1. The van der Waals surface area contributed by atoms with Crippen LogP contribution in [0.4, 0.5) is 9.18 Å². The third-order valence-corrected chi connectivity index (χ3v) is 5.67. The van der Waals surface area contributed by atoms with Crippen LogP contribution in [0, 0.1) is 5.82 Å². The van der Waals surface area contributed by atoms with Crippen molar-refractivity contribution in [2.75, 3.05) is 26.2 Å². The van der Waals surface area contributed by atoms with Crippen LogP contribution < -0.4 is 0 Å². The zero-order chi connectivity index (χ0) is 19.6. The number of aliphatic hydroxyl groups is 1. The quantitative estimate of drug-likeness (QED) is 0.746. The molecule has 2 aliphatic rings. The highest BCUT2D eigenvalue weighted by Crippen LogP contribution is 2.42. The number of phenols is 1. The van der Waals surface area contributed by atoms with Crippen LogP contribution in [0.15, 0.2) is 18.2 Å². The number of carbonyl (C=O) groups is 2. The summed E-state index contributed by atoms with van der Waals surface area (Å²) in [6, 6.07) is 3.78. The fourth-order valence-corrected chi connectivity index (χ4v) is 4.14. The van der Waals surface area contributed by atoms with Gasteiger partial charge in [-0.25, -0.2) is 9.18 Å². The summed E-state index contributed by atoms with van der Waals surface area (Å²) in [5.74, 6) is -2.60. The van der Waals surface area contributed by atoms with Gasteiger partial charge in [0.1, 0.15) is 0 Å². The molecule has 8 heteroatoms. The number of hydrogen-bond acceptors (Lipinski definition) is 4. The maximum atomic E-state index is 13.9. The Hall–Kier alpha value is -2.35. The first-order valence-corrected chi connectivity index (χ1v) is 9.29. The van der Waals surface area contributed by atoms with Gasteiger partial charge in [0, 0.05) is 26.2 Å². The maximum Gasteiger partial charge on any atom is 0.407 e. The van der Waals surface area contributed by atoms with Gasteiger partial charge in [-0.3, -0.25) is 4.79 Å². The van der Waals surface area contributed by atoms with Crippen molar-refractivity contribution >= 4 is 12.0 Å². The topological polar surface area (TPSA) is 101 Å². The van der Waals surface area contributed by atoms with Gasteiger partial charge in [-0.05, 0) is 30.5 Å². The van der Waals surface area contributed by atoms with Crippen LogP contribution in [-0.4, -0.2) is 68.9 Å². The van der Waals surface area contributed by atoms with E-state index in [0.29, 0.717) is 18.4 Å². The zero-order valence-corrected chi connectivity index (χ0v) is 15.1. The molecule has 1 aromatic carbocycles. The number of halogens is 1. The molecule has 0 bridgehead atoms. The SMILES string of the molecule is O=C(O)N1CCN(C(=O)C(c2ccc(O)c(F)c2)C2(O)CCCCC2)CC1. The molecule has 0 radical (unpaired) electrons. The lowest BCUT2D eigenvalue weighted by Gasteiger charge is -2.42. The molecule has 1 saturated carbocycles. The van der Waals surface area contributed by atoms with Gasteiger partial charge in [0.15, 0.2) is 11.6 Å². The van der Waals surface area contributed by atoms with Gasteiger partial charge in [0.25, 0.3) is 0 Å². The fraction of sp³-hybridized carbons (Fsp3) is 0.579. The third-order valence-electron chi connectivity index (χ3n) is 5.67. The van der Waals surface area contributed by atoms with Crippen molar-refractivity contribution in [3.8, 4) is 5.75 Å². The average molecular weight is 380 g/mol. The van der Waals surface area contributed by atoms with E-state index in [1.807, 2.05) is 0 Å². The molecule has 3 N–H and O–H groups in total. The molecule has 27 heavy (non-hydrogen) atoms. The first-order valence-electron chi connectivity index (χ1n) is 9.29. The summed E-state index contributed by atoms with van der Waals surface area (Å²) in [7, 11) is 0. The van der Waals surface area contributed by atoms with E-state index in [2.05, 4.69) is 0 Å². The highest BCUT2D eigenvalue weighted by molar-refractivity contribution is 5.85. The molecule has 2 fully saturated rings. The third kappa shape index (κ3) is 4.00. The van der Waals surface area contributed by atoms with Gasteiger partial charge in [-0.2, -0.15) is 0 Å². The molecular formula is C19H25FN2O5. The highest BCUT2D eigenvalue weighted by Gasteiger charge is 2.45. The maximum absolute atomic E-state index is 13.9. The number of rotatable bonds is 3. The number of amides is 2. The number of piperazine rings is 1. The summed E-state index contributed by atoms with van der Waals surface area (Å²) in [6.45, 7) is 0.878. The lowest BCUT2D eigenvalue weighted by Crippen LogP contribution is -2.54. The van der Waals surface area contributed by atoms with Crippen LogP contribution in [0.5, 0.6) is 5.75 Å². The minimum absolute atomic E-state index is 0.205.